The molecule has 0 radical (unpaired) electrons. The van der Waals surface area contributed by atoms with Gasteiger partial charge in [-0.05, 0) is 71.9 Å². The molecule has 27 heavy (non-hydrogen) atoms. The van der Waals surface area contributed by atoms with Crippen LogP contribution in [0.3, 0.4) is 0 Å². The third kappa shape index (κ3) is 5.10. The van der Waals surface area contributed by atoms with Crippen LogP contribution in [0, 0.1) is 6.92 Å². The van der Waals surface area contributed by atoms with Crippen LogP contribution in [0.5, 0.6) is 5.75 Å². The van der Waals surface area contributed by atoms with Gasteiger partial charge in [0, 0.05) is 13.1 Å². The standard InChI is InChI=1S/C21H23BrN2O3/c1-15-9-10-19(17(22)13-15)27-14-20(25)23-18-8-4-3-7-16(18)21(26)24-11-5-2-6-12-24/h3-4,7-10,13H,2,5-6,11-12,14H2,1H3,(H,23,25). The molecule has 1 fully saturated rings. The van der Waals surface area contributed by atoms with Gasteiger partial charge in [-0.2, -0.15) is 0 Å². The van der Waals surface area contributed by atoms with Gasteiger partial charge in [0.2, 0.25) is 0 Å². The number of benzene rings is 2. The number of para-hydroxylation sites is 1. The van der Waals surface area contributed by atoms with Crippen molar-refractivity contribution in [1.82, 2.24) is 4.90 Å². The molecule has 1 heterocycles. The number of nitrogens with zero attached hydrogens (tertiary/aromatic N) is 1. The van der Waals surface area contributed by atoms with Crippen molar-refractivity contribution >= 4 is 33.4 Å². The van der Waals surface area contributed by atoms with E-state index in [-0.39, 0.29) is 18.4 Å². The zero-order valence-corrected chi connectivity index (χ0v) is 16.9. The molecule has 2 amide bonds. The van der Waals surface area contributed by atoms with Gasteiger partial charge in [-0.3, -0.25) is 9.59 Å². The van der Waals surface area contributed by atoms with E-state index in [1.165, 1.54) is 0 Å². The van der Waals surface area contributed by atoms with E-state index in [2.05, 4.69) is 21.2 Å². The number of carbonyl (C=O) groups excluding carboxylic acids is 2. The molecule has 2 aromatic rings. The lowest BCUT2D eigenvalue weighted by Crippen LogP contribution is -2.36. The Labute approximate surface area is 167 Å². The highest BCUT2D eigenvalue weighted by Gasteiger charge is 2.21. The van der Waals surface area contributed by atoms with Crippen molar-refractivity contribution in [1.29, 1.82) is 0 Å². The van der Waals surface area contributed by atoms with Crippen LogP contribution >= 0.6 is 15.9 Å². The molecule has 0 saturated carbocycles. The number of hydrogen-bond donors (Lipinski definition) is 1. The monoisotopic (exact) mass is 430 g/mol. The van der Waals surface area contributed by atoms with Crippen LogP contribution in [0.15, 0.2) is 46.9 Å². The highest BCUT2D eigenvalue weighted by molar-refractivity contribution is 9.10. The molecule has 0 unspecified atom stereocenters. The van der Waals surface area contributed by atoms with Gasteiger partial charge in [-0.1, -0.05) is 18.2 Å². The largest absolute Gasteiger partial charge is 0.483 e. The minimum atomic E-state index is -0.304. The first-order valence-corrected chi connectivity index (χ1v) is 9.91. The molecular weight excluding hydrogens is 408 g/mol. The maximum absolute atomic E-state index is 12.8. The number of halogens is 1. The number of carbonyl (C=O) groups is 2. The van der Waals surface area contributed by atoms with Gasteiger partial charge in [-0.25, -0.2) is 0 Å². The van der Waals surface area contributed by atoms with Crippen LogP contribution in [-0.4, -0.2) is 36.4 Å². The van der Waals surface area contributed by atoms with Crippen molar-refractivity contribution < 1.29 is 14.3 Å². The van der Waals surface area contributed by atoms with Crippen molar-refractivity contribution in [2.24, 2.45) is 0 Å². The zero-order valence-electron chi connectivity index (χ0n) is 15.3. The molecule has 6 heteroatoms. The Hall–Kier alpha value is -2.34. The molecule has 5 nitrogen and oxygen atoms in total. The summed E-state index contributed by atoms with van der Waals surface area (Å²) < 4.78 is 6.39. The molecule has 0 aromatic heterocycles. The second-order valence-electron chi connectivity index (χ2n) is 6.67. The van der Waals surface area contributed by atoms with Crippen molar-refractivity contribution in [3.63, 3.8) is 0 Å². The van der Waals surface area contributed by atoms with Crippen LogP contribution in [0.2, 0.25) is 0 Å². The Bertz CT molecular complexity index is 832. The topological polar surface area (TPSA) is 58.6 Å². The summed E-state index contributed by atoms with van der Waals surface area (Å²) in [4.78, 5) is 27.0. The second-order valence-corrected chi connectivity index (χ2v) is 7.52. The SMILES string of the molecule is Cc1ccc(OCC(=O)Nc2ccccc2C(=O)N2CCCCC2)c(Br)c1. The maximum atomic E-state index is 12.8. The summed E-state index contributed by atoms with van der Waals surface area (Å²) in [5.74, 6) is 0.266. The lowest BCUT2D eigenvalue weighted by atomic mass is 10.1. The van der Waals surface area contributed by atoms with Crippen LogP contribution in [-0.2, 0) is 4.79 Å². The van der Waals surface area contributed by atoms with Gasteiger partial charge in [-0.15, -0.1) is 0 Å². The van der Waals surface area contributed by atoms with E-state index in [0.717, 1.165) is 42.4 Å². The first-order chi connectivity index (χ1) is 13.0. The smallest absolute Gasteiger partial charge is 0.262 e. The van der Waals surface area contributed by atoms with Gasteiger partial charge in [0.05, 0.1) is 15.7 Å². The van der Waals surface area contributed by atoms with Crippen molar-refractivity contribution in [2.45, 2.75) is 26.2 Å². The van der Waals surface area contributed by atoms with Crippen LogP contribution in [0.25, 0.3) is 0 Å². The molecule has 1 N–H and O–H groups in total. The van der Waals surface area contributed by atoms with E-state index in [9.17, 15) is 9.59 Å². The number of likely N-dealkylation sites (tertiary alicyclic amines) is 1. The van der Waals surface area contributed by atoms with E-state index >= 15 is 0 Å². The highest BCUT2D eigenvalue weighted by atomic mass is 79.9. The third-order valence-corrected chi connectivity index (χ3v) is 5.14. The predicted octanol–water partition coefficient (Wildman–Crippen LogP) is 4.40. The Morgan fingerprint density at radius 3 is 2.59 bits per heavy atom. The first kappa shape index (κ1) is 19.4. The molecule has 2 aromatic carbocycles. The van der Waals surface area contributed by atoms with Gasteiger partial charge in [0.25, 0.3) is 11.8 Å². The maximum Gasteiger partial charge on any atom is 0.262 e. The molecule has 0 atom stereocenters. The number of piperidine rings is 1. The number of anilines is 1. The van der Waals surface area contributed by atoms with Crippen molar-refractivity contribution in [2.75, 3.05) is 25.0 Å². The first-order valence-electron chi connectivity index (χ1n) is 9.12. The molecule has 1 aliphatic heterocycles. The zero-order chi connectivity index (χ0) is 19.2. The summed E-state index contributed by atoms with van der Waals surface area (Å²) in [6, 6.07) is 12.8. The average molecular weight is 431 g/mol. The number of amides is 2. The fraction of sp³-hybridized carbons (Fsp3) is 0.333. The summed E-state index contributed by atoms with van der Waals surface area (Å²) in [5, 5.41) is 2.80. The normalized spacial score (nSPS) is 13.9. The Kier molecular flexibility index (Phi) is 6.50. The molecule has 0 bridgehead atoms. The number of hydrogen-bond acceptors (Lipinski definition) is 3. The Morgan fingerprint density at radius 1 is 1.11 bits per heavy atom. The summed E-state index contributed by atoms with van der Waals surface area (Å²) in [5.41, 5.74) is 2.14. The van der Waals surface area contributed by atoms with Crippen molar-refractivity contribution in [3.05, 3.63) is 58.1 Å². The predicted molar refractivity (Wildman–Crippen MR) is 109 cm³/mol. The number of aryl methyl sites for hydroxylation is 1. The lowest BCUT2D eigenvalue weighted by Gasteiger charge is -2.27. The van der Waals surface area contributed by atoms with Crippen LogP contribution < -0.4 is 10.1 Å². The quantitative estimate of drug-likeness (QED) is 0.764. The lowest BCUT2D eigenvalue weighted by molar-refractivity contribution is -0.118. The molecule has 3 rings (SSSR count). The van der Waals surface area contributed by atoms with Crippen LogP contribution in [0.1, 0.15) is 35.2 Å². The number of ether oxygens (including phenoxy) is 1. The number of nitrogens with one attached hydrogen (secondary N) is 1. The van der Waals surface area contributed by atoms with Gasteiger partial charge in [0.15, 0.2) is 6.61 Å². The molecule has 1 aliphatic rings. The van der Waals surface area contributed by atoms with E-state index in [1.807, 2.05) is 36.1 Å². The summed E-state index contributed by atoms with van der Waals surface area (Å²) >= 11 is 3.43. The summed E-state index contributed by atoms with van der Waals surface area (Å²) in [6.07, 6.45) is 3.22. The number of rotatable bonds is 5. The van der Waals surface area contributed by atoms with E-state index < -0.39 is 0 Å². The second kappa shape index (κ2) is 9.04. The third-order valence-electron chi connectivity index (χ3n) is 4.52. The van der Waals surface area contributed by atoms with Crippen LogP contribution in [0.4, 0.5) is 5.69 Å². The minimum Gasteiger partial charge on any atom is -0.483 e. The molecule has 0 aliphatic carbocycles. The Morgan fingerprint density at radius 2 is 1.85 bits per heavy atom. The fourth-order valence-corrected chi connectivity index (χ4v) is 3.71. The van der Waals surface area contributed by atoms with Crippen molar-refractivity contribution in [3.8, 4) is 5.75 Å². The highest BCUT2D eigenvalue weighted by Crippen LogP contribution is 2.26. The van der Waals surface area contributed by atoms with Gasteiger partial charge >= 0.3 is 0 Å². The minimum absolute atomic E-state index is 0.0344. The van der Waals surface area contributed by atoms with Gasteiger partial charge < -0.3 is 15.0 Å². The molecule has 0 spiro atoms. The van der Waals surface area contributed by atoms with Gasteiger partial charge in [0.1, 0.15) is 5.75 Å². The Balaban J connectivity index is 1.64. The summed E-state index contributed by atoms with van der Waals surface area (Å²) in [6.45, 7) is 3.39. The van der Waals surface area contributed by atoms with E-state index in [4.69, 9.17) is 4.74 Å². The molecular formula is C21H23BrN2O3. The fourth-order valence-electron chi connectivity index (χ4n) is 3.10. The van der Waals surface area contributed by atoms with E-state index in [1.54, 1.807) is 18.2 Å². The molecule has 142 valence electrons. The van der Waals surface area contributed by atoms with E-state index in [0.29, 0.717) is 17.0 Å². The summed E-state index contributed by atoms with van der Waals surface area (Å²) in [7, 11) is 0. The average Bonchev–Trinajstić information content (AvgIpc) is 2.68. The molecule has 1 saturated heterocycles.